The Morgan fingerprint density at radius 3 is 2.32 bits per heavy atom. The van der Waals surface area contributed by atoms with Gasteiger partial charge in [0.05, 0.1) is 5.56 Å². The van der Waals surface area contributed by atoms with Gasteiger partial charge in [0, 0.05) is 22.2 Å². The highest BCUT2D eigenvalue weighted by molar-refractivity contribution is 14.1. The summed E-state index contributed by atoms with van der Waals surface area (Å²) in [5, 5.41) is 3.03. The Balaban J connectivity index is 1.95. The number of carbonyl (C=O) groups is 2. The summed E-state index contributed by atoms with van der Waals surface area (Å²) in [6, 6.07) is 10.0. The predicted molar refractivity (Wildman–Crippen MR) is 122 cm³/mol. The normalized spacial score (nSPS) is 10.1. The van der Waals surface area contributed by atoms with Gasteiger partial charge in [-0.2, -0.15) is 0 Å². The second kappa shape index (κ2) is 9.44. The maximum atomic E-state index is 12.3. The van der Waals surface area contributed by atoms with E-state index in [0.717, 1.165) is 7.14 Å². The van der Waals surface area contributed by atoms with Crippen LogP contribution in [-0.2, 0) is 0 Å². The molecule has 0 spiro atoms. The van der Waals surface area contributed by atoms with Crippen LogP contribution in [0.4, 0.5) is 0 Å². The van der Waals surface area contributed by atoms with Crippen LogP contribution in [0.5, 0.6) is 0 Å². The van der Waals surface area contributed by atoms with E-state index in [1.165, 1.54) is 0 Å². The zero-order valence-corrected chi connectivity index (χ0v) is 19.7. The number of hydrazine groups is 1. The van der Waals surface area contributed by atoms with Gasteiger partial charge in [-0.25, -0.2) is 0 Å². The summed E-state index contributed by atoms with van der Waals surface area (Å²) < 4.78 is 2.51. The van der Waals surface area contributed by atoms with Crippen molar-refractivity contribution in [1.29, 1.82) is 0 Å². The molecule has 0 unspecified atom stereocenters. The van der Waals surface area contributed by atoms with E-state index >= 15 is 0 Å². The van der Waals surface area contributed by atoms with Crippen LogP contribution < -0.4 is 16.2 Å². The molecular weight excluding hydrogens is 655 g/mol. The molecule has 0 aliphatic carbocycles. The van der Waals surface area contributed by atoms with Crippen LogP contribution in [0, 0.1) is 7.14 Å². The molecule has 0 aromatic heterocycles. The van der Waals surface area contributed by atoms with Gasteiger partial charge in [0.2, 0.25) is 0 Å². The van der Waals surface area contributed by atoms with Gasteiger partial charge in [0.15, 0.2) is 5.11 Å². The topological polar surface area (TPSA) is 70.2 Å². The molecule has 0 radical (unpaired) electrons. The highest BCUT2D eigenvalue weighted by Crippen LogP contribution is 2.26. The molecule has 0 aliphatic heterocycles. The number of nitrogens with one attached hydrogen (secondary N) is 3. The van der Waals surface area contributed by atoms with Crippen molar-refractivity contribution in [2.24, 2.45) is 0 Å². The standard InChI is InChI=1S/C15H9BrClI2N3O2S/c16-12-10(5-9(18)6-11(12)19)14(24)20-15(25)22-21-13(23)7-1-3-8(17)4-2-7/h1-6H,(H,21,23)(H2,20,22,24,25). The molecule has 25 heavy (non-hydrogen) atoms. The number of amides is 2. The molecule has 0 heterocycles. The molecule has 5 nitrogen and oxygen atoms in total. The van der Waals surface area contributed by atoms with Crippen molar-refractivity contribution < 1.29 is 9.59 Å². The first-order valence-corrected chi connectivity index (χ1v) is 10.3. The molecule has 0 bridgehead atoms. The van der Waals surface area contributed by atoms with Crippen LogP contribution in [0.15, 0.2) is 40.9 Å². The Labute approximate surface area is 190 Å². The van der Waals surface area contributed by atoms with Gasteiger partial charge in [0.1, 0.15) is 0 Å². The third kappa shape index (κ3) is 6.01. The Bertz CT molecular complexity index is 849. The van der Waals surface area contributed by atoms with Crippen molar-refractivity contribution in [3.8, 4) is 0 Å². The van der Waals surface area contributed by atoms with Gasteiger partial charge < -0.3 is 0 Å². The molecule has 130 valence electrons. The van der Waals surface area contributed by atoms with Gasteiger partial charge in [-0.05, 0) is 110 Å². The monoisotopic (exact) mass is 663 g/mol. The van der Waals surface area contributed by atoms with E-state index in [2.05, 4.69) is 77.3 Å². The summed E-state index contributed by atoms with van der Waals surface area (Å²) >= 11 is 18.5. The molecule has 0 aliphatic rings. The van der Waals surface area contributed by atoms with Crippen LogP contribution in [0.3, 0.4) is 0 Å². The quantitative estimate of drug-likeness (QED) is 0.195. The fraction of sp³-hybridized carbons (Fsp3) is 0. The number of hydrogen-bond donors (Lipinski definition) is 3. The van der Waals surface area contributed by atoms with Crippen LogP contribution in [0.1, 0.15) is 20.7 Å². The predicted octanol–water partition coefficient (Wildman–Crippen LogP) is 4.26. The van der Waals surface area contributed by atoms with Crippen LogP contribution in [-0.4, -0.2) is 16.9 Å². The number of thiocarbonyl (C=S) groups is 1. The van der Waals surface area contributed by atoms with Gasteiger partial charge in [0.25, 0.3) is 11.8 Å². The van der Waals surface area contributed by atoms with Crippen molar-refractivity contribution in [3.05, 3.63) is 64.2 Å². The van der Waals surface area contributed by atoms with Gasteiger partial charge in [-0.1, -0.05) is 11.6 Å². The third-order valence-corrected chi connectivity index (χ3v) is 6.39. The van der Waals surface area contributed by atoms with Crippen LogP contribution in [0.25, 0.3) is 0 Å². The zero-order valence-electron chi connectivity index (χ0n) is 12.2. The van der Waals surface area contributed by atoms with E-state index in [9.17, 15) is 9.59 Å². The molecule has 3 N–H and O–H groups in total. The Hall–Kier alpha value is -0.500. The maximum Gasteiger partial charge on any atom is 0.269 e. The highest BCUT2D eigenvalue weighted by Gasteiger charge is 2.15. The SMILES string of the molecule is O=C(NNC(=S)NC(=O)c1cc(I)cc(I)c1Br)c1ccc(Cl)cc1. The molecule has 0 saturated heterocycles. The van der Waals surface area contributed by atoms with Crippen molar-refractivity contribution in [1.82, 2.24) is 16.2 Å². The van der Waals surface area contributed by atoms with Crippen molar-refractivity contribution in [2.45, 2.75) is 0 Å². The number of rotatable bonds is 2. The molecule has 2 amide bonds. The zero-order chi connectivity index (χ0) is 18.6. The lowest BCUT2D eigenvalue weighted by Crippen LogP contribution is -2.48. The fourth-order valence-corrected chi connectivity index (χ4v) is 4.23. The lowest BCUT2D eigenvalue weighted by molar-refractivity contribution is 0.0934. The van der Waals surface area contributed by atoms with E-state index in [1.807, 2.05) is 6.07 Å². The van der Waals surface area contributed by atoms with E-state index in [0.29, 0.717) is 20.6 Å². The Morgan fingerprint density at radius 1 is 1.04 bits per heavy atom. The molecule has 0 atom stereocenters. The van der Waals surface area contributed by atoms with Gasteiger partial charge in [-0.3, -0.25) is 25.8 Å². The smallest absolute Gasteiger partial charge is 0.269 e. The lowest BCUT2D eigenvalue weighted by Gasteiger charge is -2.12. The second-order valence-electron chi connectivity index (χ2n) is 4.62. The van der Waals surface area contributed by atoms with E-state index in [-0.39, 0.29) is 11.0 Å². The van der Waals surface area contributed by atoms with Gasteiger partial charge in [-0.15, -0.1) is 0 Å². The molecule has 2 rings (SSSR count). The largest absolute Gasteiger partial charge is 0.298 e. The van der Waals surface area contributed by atoms with E-state index in [1.54, 1.807) is 30.3 Å². The summed E-state index contributed by atoms with van der Waals surface area (Å²) in [6.45, 7) is 0. The summed E-state index contributed by atoms with van der Waals surface area (Å²) in [4.78, 5) is 24.3. The molecule has 0 saturated carbocycles. The fourth-order valence-electron chi connectivity index (χ4n) is 1.71. The number of halogens is 4. The summed E-state index contributed by atoms with van der Waals surface area (Å²) in [5.74, 6) is -0.792. The molecule has 2 aromatic rings. The molecule has 0 fully saturated rings. The molecule has 10 heteroatoms. The van der Waals surface area contributed by atoms with Crippen molar-refractivity contribution in [2.75, 3.05) is 0 Å². The number of hydrogen-bond acceptors (Lipinski definition) is 3. The Morgan fingerprint density at radius 2 is 1.68 bits per heavy atom. The first-order valence-electron chi connectivity index (χ1n) is 6.59. The maximum absolute atomic E-state index is 12.3. The first-order chi connectivity index (χ1) is 11.8. The lowest BCUT2D eigenvalue weighted by atomic mass is 10.2. The molecular formula is C15H9BrClI2N3O2S. The summed E-state index contributed by atoms with van der Waals surface area (Å²) in [5.41, 5.74) is 5.75. The van der Waals surface area contributed by atoms with E-state index in [4.69, 9.17) is 23.8 Å². The van der Waals surface area contributed by atoms with Crippen LogP contribution in [0.2, 0.25) is 5.02 Å². The van der Waals surface area contributed by atoms with Crippen molar-refractivity contribution >= 4 is 102 Å². The third-order valence-electron chi connectivity index (χ3n) is 2.86. The molecule has 2 aromatic carbocycles. The van der Waals surface area contributed by atoms with Gasteiger partial charge >= 0.3 is 0 Å². The average molecular weight is 664 g/mol. The number of benzene rings is 2. The average Bonchev–Trinajstić information content (AvgIpc) is 2.56. The van der Waals surface area contributed by atoms with Crippen LogP contribution >= 0.6 is 84.9 Å². The minimum absolute atomic E-state index is 0.0203. The van der Waals surface area contributed by atoms with E-state index < -0.39 is 5.91 Å². The second-order valence-corrected chi connectivity index (χ2v) is 8.66. The summed E-state index contributed by atoms with van der Waals surface area (Å²) in [7, 11) is 0. The minimum Gasteiger partial charge on any atom is -0.298 e. The highest BCUT2D eigenvalue weighted by atomic mass is 127. The minimum atomic E-state index is -0.404. The first kappa shape index (κ1) is 20.8. The number of carbonyl (C=O) groups excluding carboxylic acids is 2. The summed E-state index contributed by atoms with van der Waals surface area (Å²) in [6.07, 6.45) is 0. The van der Waals surface area contributed by atoms with Crippen molar-refractivity contribution in [3.63, 3.8) is 0 Å². The Kier molecular flexibility index (Phi) is 7.86.